The highest BCUT2D eigenvalue weighted by molar-refractivity contribution is 6.30. The van der Waals surface area contributed by atoms with Gasteiger partial charge in [0.1, 0.15) is 0 Å². The molecule has 1 fully saturated rings. The molecule has 1 aliphatic heterocycles. The number of carbonyl (C=O) groups excluding carboxylic acids is 2. The maximum Gasteiger partial charge on any atom is 0.229 e. The van der Waals surface area contributed by atoms with Gasteiger partial charge in [-0.25, -0.2) is 0 Å². The van der Waals surface area contributed by atoms with Crippen molar-refractivity contribution in [3.05, 3.63) is 64.7 Å². The Balaban J connectivity index is 1.83. The van der Waals surface area contributed by atoms with E-state index >= 15 is 0 Å². The normalized spacial score (nSPS) is 20.3. The first-order chi connectivity index (χ1) is 11.5. The van der Waals surface area contributed by atoms with E-state index < -0.39 is 0 Å². The van der Waals surface area contributed by atoms with Gasteiger partial charge >= 0.3 is 0 Å². The lowest BCUT2D eigenvalue weighted by Crippen LogP contribution is -2.43. The van der Waals surface area contributed by atoms with E-state index in [4.69, 9.17) is 11.6 Å². The summed E-state index contributed by atoms with van der Waals surface area (Å²) in [6, 6.07) is 14.6. The highest BCUT2D eigenvalue weighted by Crippen LogP contribution is 2.31. The van der Waals surface area contributed by atoms with Crippen molar-refractivity contribution in [2.75, 3.05) is 5.32 Å². The van der Waals surface area contributed by atoms with E-state index in [0.29, 0.717) is 23.6 Å². The van der Waals surface area contributed by atoms with Crippen LogP contribution in [-0.4, -0.2) is 11.8 Å². The van der Waals surface area contributed by atoms with Crippen LogP contribution in [0.3, 0.4) is 0 Å². The number of hydrogen-bond donors (Lipinski definition) is 2. The molecule has 0 radical (unpaired) electrons. The summed E-state index contributed by atoms with van der Waals surface area (Å²) in [6.07, 6.45) is 0.882. The minimum absolute atomic E-state index is 0.0201. The third kappa shape index (κ3) is 3.77. The largest absolute Gasteiger partial charge is 0.348 e. The average molecular weight is 343 g/mol. The fourth-order valence-corrected chi connectivity index (χ4v) is 3.25. The van der Waals surface area contributed by atoms with Crippen LogP contribution in [0.2, 0.25) is 5.02 Å². The first-order valence-electron chi connectivity index (χ1n) is 7.95. The van der Waals surface area contributed by atoms with Gasteiger partial charge in [-0.05, 0) is 37.1 Å². The summed E-state index contributed by atoms with van der Waals surface area (Å²) in [5, 5.41) is 6.44. The van der Waals surface area contributed by atoms with Crippen molar-refractivity contribution in [1.82, 2.24) is 5.32 Å². The molecule has 0 saturated carbocycles. The van der Waals surface area contributed by atoms with Crippen LogP contribution >= 0.6 is 11.6 Å². The Morgan fingerprint density at radius 2 is 2.00 bits per heavy atom. The Labute approximate surface area is 146 Å². The molecule has 1 heterocycles. The van der Waals surface area contributed by atoms with Crippen LogP contribution in [0.25, 0.3) is 0 Å². The summed E-state index contributed by atoms with van der Waals surface area (Å²) in [4.78, 5) is 24.6. The summed E-state index contributed by atoms with van der Waals surface area (Å²) >= 11 is 5.97. The first-order valence-corrected chi connectivity index (χ1v) is 8.33. The Hall–Kier alpha value is -2.33. The molecule has 1 aliphatic rings. The van der Waals surface area contributed by atoms with E-state index in [1.807, 2.05) is 31.2 Å². The zero-order valence-corrected chi connectivity index (χ0v) is 14.1. The third-order valence-corrected chi connectivity index (χ3v) is 4.47. The summed E-state index contributed by atoms with van der Waals surface area (Å²) < 4.78 is 0. The molecule has 24 heavy (non-hydrogen) atoms. The molecule has 0 spiro atoms. The van der Waals surface area contributed by atoms with Gasteiger partial charge in [0.25, 0.3) is 0 Å². The van der Waals surface area contributed by atoms with Crippen molar-refractivity contribution in [1.29, 1.82) is 0 Å². The summed E-state index contributed by atoms with van der Waals surface area (Å²) in [5.41, 5.74) is 2.71. The number of halogens is 1. The molecule has 2 amide bonds. The summed E-state index contributed by atoms with van der Waals surface area (Å²) in [6.45, 7) is 2.00. The number of rotatable bonds is 3. The molecule has 1 unspecified atom stereocenters. The lowest BCUT2D eigenvalue weighted by Gasteiger charge is -2.32. The van der Waals surface area contributed by atoms with Crippen LogP contribution in [0, 0.1) is 12.8 Å². The van der Waals surface area contributed by atoms with Crippen LogP contribution in [0.1, 0.15) is 30.0 Å². The number of benzene rings is 2. The fraction of sp³-hybridized carbons (Fsp3) is 0.263. The van der Waals surface area contributed by atoms with Crippen molar-refractivity contribution in [3.63, 3.8) is 0 Å². The number of piperidine rings is 1. The molecule has 3 rings (SSSR count). The lowest BCUT2D eigenvalue weighted by atomic mass is 9.85. The first kappa shape index (κ1) is 16.5. The Kier molecular flexibility index (Phi) is 4.86. The van der Waals surface area contributed by atoms with Crippen LogP contribution in [-0.2, 0) is 9.59 Å². The smallest absolute Gasteiger partial charge is 0.229 e. The third-order valence-electron chi connectivity index (χ3n) is 4.23. The number of aryl methyl sites for hydroxylation is 1. The Morgan fingerprint density at radius 1 is 1.21 bits per heavy atom. The van der Waals surface area contributed by atoms with Gasteiger partial charge in [-0.2, -0.15) is 0 Å². The maximum absolute atomic E-state index is 12.7. The molecule has 2 aromatic rings. The number of amides is 2. The monoisotopic (exact) mass is 342 g/mol. The van der Waals surface area contributed by atoms with E-state index in [0.717, 1.165) is 11.1 Å². The molecule has 0 aliphatic carbocycles. The molecule has 1 saturated heterocycles. The van der Waals surface area contributed by atoms with E-state index in [2.05, 4.69) is 10.6 Å². The van der Waals surface area contributed by atoms with Gasteiger partial charge in [0.15, 0.2) is 0 Å². The minimum Gasteiger partial charge on any atom is -0.348 e. The quantitative estimate of drug-likeness (QED) is 0.890. The van der Waals surface area contributed by atoms with Crippen LogP contribution < -0.4 is 10.6 Å². The highest BCUT2D eigenvalue weighted by atomic mass is 35.5. The average Bonchev–Trinajstić information content (AvgIpc) is 2.54. The molecule has 2 atom stereocenters. The second-order valence-corrected chi connectivity index (χ2v) is 6.54. The number of carbonyl (C=O) groups is 2. The van der Waals surface area contributed by atoms with Gasteiger partial charge in [-0.3, -0.25) is 9.59 Å². The number of nitrogens with one attached hydrogen (secondary N) is 2. The van der Waals surface area contributed by atoms with Gasteiger partial charge in [0.05, 0.1) is 12.0 Å². The van der Waals surface area contributed by atoms with Gasteiger partial charge in [-0.1, -0.05) is 47.5 Å². The number of anilines is 1. The summed E-state index contributed by atoms with van der Waals surface area (Å²) in [5.74, 6) is -0.444. The molecular weight excluding hydrogens is 324 g/mol. The standard InChI is InChI=1S/C19H19ClN2O2/c1-12-4-2-5-13(10-12)18-16(8-9-17(23)22-18)19(24)21-15-7-3-6-14(20)11-15/h2-7,10-11,16,18H,8-9H2,1H3,(H,21,24)(H,22,23)/t16?,18-/m1/s1. The van der Waals surface area contributed by atoms with Gasteiger partial charge in [0.2, 0.25) is 11.8 Å². The van der Waals surface area contributed by atoms with E-state index in [-0.39, 0.29) is 23.8 Å². The van der Waals surface area contributed by atoms with Crippen molar-refractivity contribution >= 4 is 29.1 Å². The molecule has 0 aromatic heterocycles. The topological polar surface area (TPSA) is 58.2 Å². The molecule has 0 bridgehead atoms. The predicted molar refractivity (Wildman–Crippen MR) is 94.9 cm³/mol. The van der Waals surface area contributed by atoms with Crippen molar-refractivity contribution in [2.45, 2.75) is 25.8 Å². The van der Waals surface area contributed by atoms with Crippen LogP contribution in [0.15, 0.2) is 48.5 Å². The highest BCUT2D eigenvalue weighted by Gasteiger charge is 2.35. The van der Waals surface area contributed by atoms with E-state index in [9.17, 15) is 9.59 Å². The molecule has 2 aromatic carbocycles. The fourth-order valence-electron chi connectivity index (χ4n) is 3.06. The second-order valence-electron chi connectivity index (χ2n) is 6.10. The zero-order valence-electron chi connectivity index (χ0n) is 13.4. The predicted octanol–water partition coefficient (Wildman–Crippen LogP) is 3.85. The molecule has 2 N–H and O–H groups in total. The Bertz CT molecular complexity index is 775. The summed E-state index contributed by atoms with van der Waals surface area (Å²) in [7, 11) is 0. The molecule has 5 heteroatoms. The number of hydrogen-bond acceptors (Lipinski definition) is 2. The SMILES string of the molecule is Cc1cccc([C@H]2NC(=O)CCC2C(=O)Nc2cccc(Cl)c2)c1. The maximum atomic E-state index is 12.7. The van der Waals surface area contributed by atoms with Crippen molar-refractivity contribution in [3.8, 4) is 0 Å². The van der Waals surface area contributed by atoms with Crippen LogP contribution in [0.4, 0.5) is 5.69 Å². The van der Waals surface area contributed by atoms with Gasteiger partial charge < -0.3 is 10.6 Å². The van der Waals surface area contributed by atoms with Crippen molar-refractivity contribution < 1.29 is 9.59 Å². The molecule has 124 valence electrons. The minimum atomic E-state index is -0.316. The lowest BCUT2D eigenvalue weighted by molar-refractivity contribution is -0.128. The second kappa shape index (κ2) is 7.05. The molecule has 4 nitrogen and oxygen atoms in total. The molecular formula is C19H19ClN2O2. The van der Waals surface area contributed by atoms with Gasteiger partial charge in [0, 0.05) is 17.1 Å². The zero-order chi connectivity index (χ0) is 17.1. The Morgan fingerprint density at radius 3 is 2.75 bits per heavy atom. The van der Waals surface area contributed by atoms with E-state index in [1.54, 1.807) is 24.3 Å². The van der Waals surface area contributed by atoms with Crippen LogP contribution in [0.5, 0.6) is 0 Å². The van der Waals surface area contributed by atoms with E-state index in [1.165, 1.54) is 0 Å². The van der Waals surface area contributed by atoms with Crippen molar-refractivity contribution in [2.24, 2.45) is 5.92 Å². The van der Waals surface area contributed by atoms with Gasteiger partial charge in [-0.15, -0.1) is 0 Å².